The Hall–Kier alpha value is -1.51. The molecule has 0 saturated heterocycles. The number of fused-ring (bicyclic) bond motifs is 1. The Bertz CT molecular complexity index is 387. The number of anilines is 1. The molecule has 0 saturated carbocycles. The van der Waals surface area contributed by atoms with E-state index >= 15 is 0 Å². The molecule has 1 aromatic rings. The molecule has 0 radical (unpaired) electrons. The predicted molar refractivity (Wildman–Crippen MR) is 61.3 cm³/mol. The summed E-state index contributed by atoms with van der Waals surface area (Å²) in [6.07, 6.45) is 1.02. The van der Waals surface area contributed by atoms with E-state index in [1.54, 1.807) is 4.90 Å². The van der Waals surface area contributed by atoms with Crippen molar-refractivity contribution in [2.24, 2.45) is 0 Å². The van der Waals surface area contributed by atoms with E-state index in [-0.39, 0.29) is 5.91 Å². The number of carbonyl (C=O) groups excluding carboxylic acids is 1. The van der Waals surface area contributed by atoms with E-state index in [9.17, 15) is 4.79 Å². The van der Waals surface area contributed by atoms with Gasteiger partial charge in [-0.15, -0.1) is 0 Å². The van der Waals surface area contributed by atoms with Gasteiger partial charge in [0.15, 0.2) is 0 Å². The molecule has 2 rings (SSSR count). The van der Waals surface area contributed by atoms with Crippen molar-refractivity contribution in [3.05, 3.63) is 29.3 Å². The van der Waals surface area contributed by atoms with E-state index in [0.717, 1.165) is 25.1 Å². The van der Waals surface area contributed by atoms with Gasteiger partial charge in [-0.2, -0.15) is 0 Å². The Morgan fingerprint density at radius 2 is 2.33 bits per heavy atom. The van der Waals surface area contributed by atoms with Crippen molar-refractivity contribution < 1.29 is 4.79 Å². The second-order valence-electron chi connectivity index (χ2n) is 3.87. The molecule has 0 atom stereocenters. The minimum atomic E-state index is 0.104. The third kappa shape index (κ3) is 1.82. The highest BCUT2D eigenvalue weighted by molar-refractivity contribution is 5.94. The summed E-state index contributed by atoms with van der Waals surface area (Å²) in [7, 11) is 1.83. The third-order valence-electron chi connectivity index (χ3n) is 2.88. The van der Waals surface area contributed by atoms with Crippen LogP contribution in [-0.2, 0) is 6.42 Å². The summed E-state index contributed by atoms with van der Waals surface area (Å²) in [6, 6.07) is 5.90. The van der Waals surface area contributed by atoms with Crippen molar-refractivity contribution in [1.29, 1.82) is 0 Å². The minimum Gasteiger partial charge on any atom is -0.384 e. The maximum Gasteiger partial charge on any atom is 0.253 e. The molecule has 0 fully saturated rings. The SMILES string of the molecule is CCN(C)C(=O)c1ccc2c(c1)CCN2. The highest BCUT2D eigenvalue weighted by Crippen LogP contribution is 2.23. The maximum absolute atomic E-state index is 11.9. The summed E-state index contributed by atoms with van der Waals surface area (Å²) >= 11 is 0. The zero-order chi connectivity index (χ0) is 10.8. The molecule has 80 valence electrons. The fraction of sp³-hybridized carbons (Fsp3) is 0.417. The second-order valence-corrected chi connectivity index (χ2v) is 3.87. The van der Waals surface area contributed by atoms with Crippen LogP contribution in [0, 0.1) is 0 Å². The summed E-state index contributed by atoms with van der Waals surface area (Å²) in [4.78, 5) is 13.6. The van der Waals surface area contributed by atoms with Crippen molar-refractivity contribution in [2.45, 2.75) is 13.3 Å². The lowest BCUT2D eigenvalue weighted by molar-refractivity contribution is 0.0802. The molecule has 1 aliphatic rings. The normalized spacial score (nSPS) is 13.2. The highest BCUT2D eigenvalue weighted by atomic mass is 16.2. The molecule has 0 aromatic heterocycles. The van der Waals surface area contributed by atoms with Crippen LogP contribution in [0.3, 0.4) is 0 Å². The number of hydrogen-bond donors (Lipinski definition) is 1. The summed E-state index contributed by atoms with van der Waals surface area (Å²) in [5, 5.41) is 3.28. The Morgan fingerprint density at radius 3 is 3.07 bits per heavy atom. The first kappa shape index (κ1) is 10.0. The van der Waals surface area contributed by atoms with E-state index in [0.29, 0.717) is 0 Å². The van der Waals surface area contributed by atoms with E-state index in [1.807, 2.05) is 32.2 Å². The van der Waals surface area contributed by atoms with Crippen molar-refractivity contribution in [2.75, 3.05) is 25.5 Å². The summed E-state index contributed by atoms with van der Waals surface area (Å²) in [6.45, 7) is 3.71. The molecular weight excluding hydrogens is 188 g/mol. The Labute approximate surface area is 90.1 Å². The summed E-state index contributed by atoms with van der Waals surface area (Å²) in [5.41, 5.74) is 3.22. The summed E-state index contributed by atoms with van der Waals surface area (Å²) in [5.74, 6) is 0.104. The van der Waals surface area contributed by atoms with Crippen LogP contribution in [0.25, 0.3) is 0 Å². The van der Waals surface area contributed by atoms with Gasteiger partial charge in [0.1, 0.15) is 0 Å². The molecule has 0 spiro atoms. The zero-order valence-corrected chi connectivity index (χ0v) is 9.21. The van der Waals surface area contributed by atoms with Gasteiger partial charge in [-0.1, -0.05) is 0 Å². The van der Waals surface area contributed by atoms with Crippen LogP contribution in [0.4, 0.5) is 5.69 Å². The molecule has 1 amide bonds. The average Bonchev–Trinajstić information content (AvgIpc) is 2.73. The van der Waals surface area contributed by atoms with Crippen LogP contribution in [0.2, 0.25) is 0 Å². The Kier molecular flexibility index (Phi) is 2.62. The molecule has 1 aromatic carbocycles. The number of carbonyl (C=O) groups is 1. The fourth-order valence-electron chi connectivity index (χ4n) is 1.80. The molecule has 1 N–H and O–H groups in total. The van der Waals surface area contributed by atoms with Gasteiger partial charge >= 0.3 is 0 Å². The van der Waals surface area contributed by atoms with E-state index in [2.05, 4.69) is 5.32 Å². The maximum atomic E-state index is 11.9. The van der Waals surface area contributed by atoms with Crippen LogP contribution >= 0.6 is 0 Å². The lowest BCUT2D eigenvalue weighted by atomic mass is 10.1. The van der Waals surface area contributed by atoms with Crippen molar-refractivity contribution in [1.82, 2.24) is 4.90 Å². The van der Waals surface area contributed by atoms with Gasteiger partial charge in [0.2, 0.25) is 0 Å². The second kappa shape index (κ2) is 3.93. The zero-order valence-electron chi connectivity index (χ0n) is 9.21. The molecule has 0 bridgehead atoms. The van der Waals surface area contributed by atoms with Crippen molar-refractivity contribution >= 4 is 11.6 Å². The summed E-state index contributed by atoms with van der Waals surface area (Å²) < 4.78 is 0. The molecule has 0 aliphatic carbocycles. The van der Waals surface area contributed by atoms with Crippen molar-refractivity contribution in [3.8, 4) is 0 Å². The number of amides is 1. The average molecular weight is 204 g/mol. The predicted octanol–water partition coefficient (Wildman–Crippen LogP) is 1.75. The van der Waals surface area contributed by atoms with Gasteiger partial charge in [-0.3, -0.25) is 4.79 Å². The number of benzene rings is 1. The van der Waals surface area contributed by atoms with Crippen LogP contribution in [-0.4, -0.2) is 30.9 Å². The quantitative estimate of drug-likeness (QED) is 0.796. The smallest absolute Gasteiger partial charge is 0.253 e. The van der Waals surface area contributed by atoms with Gasteiger partial charge < -0.3 is 10.2 Å². The molecule has 3 heteroatoms. The number of rotatable bonds is 2. The largest absolute Gasteiger partial charge is 0.384 e. The minimum absolute atomic E-state index is 0.104. The van der Waals surface area contributed by atoms with Crippen LogP contribution < -0.4 is 5.32 Å². The lowest BCUT2D eigenvalue weighted by Crippen LogP contribution is -2.26. The molecule has 15 heavy (non-hydrogen) atoms. The van der Waals surface area contributed by atoms with Gasteiger partial charge in [-0.25, -0.2) is 0 Å². The molecular formula is C12H16N2O. The fourth-order valence-corrected chi connectivity index (χ4v) is 1.80. The van der Waals surface area contributed by atoms with E-state index in [4.69, 9.17) is 0 Å². The lowest BCUT2D eigenvalue weighted by Gasteiger charge is -2.14. The molecule has 0 unspecified atom stereocenters. The molecule has 1 aliphatic heterocycles. The van der Waals surface area contributed by atoms with Gasteiger partial charge in [0, 0.05) is 31.4 Å². The standard InChI is InChI=1S/C12H16N2O/c1-3-14(2)12(15)10-4-5-11-9(8-10)6-7-13-11/h4-5,8,13H,3,6-7H2,1-2H3. The Balaban J connectivity index is 2.26. The monoisotopic (exact) mass is 204 g/mol. The van der Waals surface area contributed by atoms with Gasteiger partial charge in [-0.05, 0) is 37.1 Å². The van der Waals surface area contributed by atoms with Crippen molar-refractivity contribution in [3.63, 3.8) is 0 Å². The molecule has 3 nitrogen and oxygen atoms in total. The van der Waals surface area contributed by atoms with E-state index < -0.39 is 0 Å². The first-order valence-corrected chi connectivity index (χ1v) is 5.34. The number of nitrogens with one attached hydrogen (secondary N) is 1. The topological polar surface area (TPSA) is 32.3 Å². The third-order valence-corrected chi connectivity index (χ3v) is 2.88. The molecule has 1 heterocycles. The van der Waals surface area contributed by atoms with Crippen LogP contribution in [0.1, 0.15) is 22.8 Å². The Morgan fingerprint density at radius 1 is 1.53 bits per heavy atom. The van der Waals surface area contributed by atoms with Crippen LogP contribution in [0.5, 0.6) is 0 Å². The van der Waals surface area contributed by atoms with E-state index in [1.165, 1.54) is 11.3 Å². The highest BCUT2D eigenvalue weighted by Gasteiger charge is 2.14. The van der Waals surface area contributed by atoms with Gasteiger partial charge in [0.25, 0.3) is 5.91 Å². The number of hydrogen-bond acceptors (Lipinski definition) is 2. The van der Waals surface area contributed by atoms with Gasteiger partial charge in [0.05, 0.1) is 0 Å². The first-order chi connectivity index (χ1) is 7.22. The van der Waals surface area contributed by atoms with Crippen LogP contribution in [0.15, 0.2) is 18.2 Å². The number of nitrogens with zero attached hydrogens (tertiary/aromatic N) is 1. The first-order valence-electron chi connectivity index (χ1n) is 5.34.